The van der Waals surface area contributed by atoms with Crippen LogP contribution in [0.1, 0.15) is 5.56 Å². The maximum absolute atomic E-state index is 12.1. The molecule has 2 heterocycles. The minimum atomic E-state index is -2.32. The normalized spacial score (nSPS) is 36.8. The van der Waals surface area contributed by atoms with Crippen molar-refractivity contribution in [2.45, 2.75) is 54.8 Å². The molecule has 9 atom stereocenters. The second-order valence-corrected chi connectivity index (χ2v) is 8.27. The average Bonchev–Trinajstić information content (AvgIpc) is 3.12. The fourth-order valence-corrected chi connectivity index (χ4v) is 3.79. The molecule has 14 nitrogen and oxygen atoms in total. The van der Waals surface area contributed by atoms with Crippen molar-refractivity contribution in [3.63, 3.8) is 0 Å². The van der Waals surface area contributed by atoms with E-state index < -0.39 is 80.6 Å². The molecule has 36 heavy (non-hydrogen) atoms. The van der Waals surface area contributed by atoms with Crippen molar-refractivity contribution >= 4 is 12.0 Å². The summed E-state index contributed by atoms with van der Waals surface area (Å²) in [5, 5.41) is 79.6. The lowest BCUT2D eigenvalue weighted by Crippen LogP contribution is -2.62. The lowest BCUT2D eigenvalue weighted by atomic mass is 9.99. The van der Waals surface area contributed by atoms with Gasteiger partial charge in [-0.2, -0.15) is 0 Å². The third-order valence-corrected chi connectivity index (χ3v) is 5.90. The summed E-state index contributed by atoms with van der Waals surface area (Å²) in [6.45, 7) is -2.34. The number of hydrogen-bond acceptors (Lipinski definition) is 14. The van der Waals surface area contributed by atoms with E-state index >= 15 is 0 Å². The maximum Gasteiger partial charge on any atom is 0.330 e. The molecule has 14 heteroatoms. The lowest BCUT2D eigenvalue weighted by Gasteiger charge is -2.43. The van der Waals surface area contributed by atoms with Crippen molar-refractivity contribution in [3.05, 3.63) is 29.8 Å². The first-order valence-electron chi connectivity index (χ1n) is 10.9. The quantitative estimate of drug-likeness (QED) is 0.118. The van der Waals surface area contributed by atoms with Crippen LogP contribution in [-0.4, -0.2) is 129 Å². The monoisotopic (exact) mass is 518 g/mol. The molecule has 8 N–H and O–H groups in total. The Labute approximate surface area is 205 Å². The Hall–Kier alpha value is -2.37. The Morgan fingerprint density at radius 3 is 2.39 bits per heavy atom. The first-order chi connectivity index (χ1) is 17.1. The molecule has 0 spiro atoms. The number of aromatic hydroxyl groups is 1. The number of rotatable bonds is 9. The summed E-state index contributed by atoms with van der Waals surface area (Å²) in [6, 6.07) is 4.36. The van der Waals surface area contributed by atoms with Gasteiger partial charge in [0.25, 0.3) is 0 Å². The zero-order valence-electron chi connectivity index (χ0n) is 19.2. The molecule has 2 aliphatic heterocycles. The fraction of sp³-hybridized carbons (Fsp3) is 0.591. The van der Waals surface area contributed by atoms with Gasteiger partial charge in [0.2, 0.25) is 5.79 Å². The summed E-state index contributed by atoms with van der Waals surface area (Å²) in [4.78, 5) is 12.1. The van der Waals surface area contributed by atoms with Crippen molar-refractivity contribution in [3.8, 4) is 11.5 Å². The lowest BCUT2D eigenvalue weighted by molar-refractivity contribution is -0.383. The first kappa shape index (κ1) is 28.2. The number of methoxy groups -OCH3 is 1. The molecule has 0 amide bonds. The number of ether oxygens (including phenoxy) is 5. The Bertz CT molecular complexity index is 924. The minimum absolute atomic E-state index is 0.0851. The van der Waals surface area contributed by atoms with Gasteiger partial charge in [-0.05, 0) is 23.8 Å². The number of carbonyl (C=O) groups is 1. The molecule has 0 radical (unpaired) electrons. The first-order valence-corrected chi connectivity index (χ1v) is 10.9. The van der Waals surface area contributed by atoms with Crippen molar-refractivity contribution in [2.75, 3.05) is 26.9 Å². The summed E-state index contributed by atoms with van der Waals surface area (Å²) in [6.07, 6.45) is -11.1. The average molecular weight is 518 g/mol. The third kappa shape index (κ3) is 5.78. The van der Waals surface area contributed by atoms with Gasteiger partial charge in [0.05, 0.1) is 13.7 Å². The number of hydrogen-bond donors (Lipinski definition) is 8. The van der Waals surface area contributed by atoms with Gasteiger partial charge in [0, 0.05) is 6.08 Å². The smallest absolute Gasteiger partial charge is 0.330 e. The van der Waals surface area contributed by atoms with E-state index in [1.807, 2.05) is 0 Å². The van der Waals surface area contributed by atoms with Crippen LogP contribution in [0.5, 0.6) is 11.5 Å². The SMILES string of the molecule is COc1cc(C=CC(=O)OC[C@H]2O[C@@H](O[C@]3(CO)O[C@@H](CO)[C@@H](O)[C@H]3O)[C@@H](O)[C@@H](O)[C@@H]2O)ccc1O. The van der Waals surface area contributed by atoms with Gasteiger partial charge < -0.3 is 64.5 Å². The predicted octanol–water partition coefficient (Wildman–Crippen LogP) is -3.42. The Kier molecular flexibility index (Phi) is 9.23. The molecular weight excluding hydrogens is 488 g/mol. The molecular formula is C22H30O14. The van der Waals surface area contributed by atoms with Crippen LogP contribution in [0, 0.1) is 0 Å². The zero-order chi connectivity index (χ0) is 26.6. The van der Waals surface area contributed by atoms with Gasteiger partial charge in [-0.15, -0.1) is 0 Å². The van der Waals surface area contributed by atoms with Gasteiger partial charge in [-0.3, -0.25) is 0 Å². The fourth-order valence-electron chi connectivity index (χ4n) is 3.79. The summed E-state index contributed by atoms with van der Waals surface area (Å²) < 4.78 is 26.0. The highest BCUT2D eigenvalue weighted by Gasteiger charge is 2.58. The predicted molar refractivity (Wildman–Crippen MR) is 116 cm³/mol. The van der Waals surface area contributed by atoms with Crippen LogP contribution < -0.4 is 4.74 Å². The molecule has 2 fully saturated rings. The number of phenolic OH excluding ortho intramolecular Hbond substituents is 1. The molecule has 0 unspecified atom stereocenters. The van der Waals surface area contributed by atoms with Gasteiger partial charge >= 0.3 is 5.97 Å². The summed E-state index contributed by atoms with van der Waals surface area (Å²) in [5.41, 5.74) is 0.510. The number of aliphatic hydroxyl groups excluding tert-OH is 7. The van der Waals surface area contributed by atoms with Crippen LogP contribution in [0.15, 0.2) is 24.3 Å². The summed E-state index contributed by atoms with van der Waals surface area (Å²) in [7, 11) is 1.36. The summed E-state index contributed by atoms with van der Waals surface area (Å²) >= 11 is 0. The molecule has 2 saturated heterocycles. The molecule has 2 aliphatic rings. The van der Waals surface area contributed by atoms with Crippen LogP contribution in [-0.2, 0) is 23.7 Å². The highest BCUT2D eigenvalue weighted by molar-refractivity contribution is 5.87. The molecule has 1 aromatic rings. The third-order valence-electron chi connectivity index (χ3n) is 5.90. The van der Waals surface area contributed by atoms with Crippen LogP contribution >= 0.6 is 0 Å². The topological polar surface area (TPSA) is 225 Å². The maximum atomic E-state index is 12.1. The standard InChI is InChI=1S/C22H30O14/c1-32-12-6-10(2-4-11(12)25)3-5-15(26)33-8-14-16(27)18(29)19(30)21(34-14)36-22(9-24)20(31)17(28)13(7-23)35-22/h2-6,13-14,16-21,23-25,27-31H,7-9H2,1H3/t13-,14+,16+,17+,18-,19-,20+,21-,22-/m0/s1. The van der Waals surface area contributed by atoms with Gasteiger partial charge in [0.1, 0.15) is 55.9 Å². The molecule has 202 valence electrons. The Balaban J connectivity index is 1.64. The second kappa shape index (κ2) is 11.8. The number of phenols is 1. The molecule has 0 bridgehead atoms. The molecule has 3 rings (SSSR count). The summed E-state index contributed by atoms with van der Waals surface area (Å²) in [5.74, 6) is -3.07. The van der Waals surface area contributed by atoms with Gasteiger partial charge in [-0.1, -0.05) is 6.07 Å². The van der Waals surface area contributed by atoms with Gasteiger partial charge in [0.15, 0.2) is 17.8 Å². The van der Waals surface area contributed by atoms with Crippen molar-refractivity contribution in [1.82, 2.24) is 0 Å². The van der Waals surface area contributed by atoms with E-state index in [1.165, 1.54) is 31.4 Å². The van der Waals surface area contributed by atoms with E-state index in [-0.39, 0.29) is 11.5 Å². The highest BCUT2D eigenvalue weighted by Crippen LogP contribution is 2.36. The Morgan fingerprint density at radius 2 is 1.78 bits per heavy atom. The largest absolute Gasteiger partial charge is 0.504 e. The molecule has 0 aromatic heterocycles. The van der Waals surface area contributed by atoms with Crippen molar-refractivity contribution < 1.29 is 69.3 Å². The van der Waals surface area contributed by atoms with Gasteiger partial charge in [-0.25, -0.2) is 4.79 Å². The minimum Gasteiger partial charge on any atom is -0.504 e. The van der Waals surface area contributed by atoms with Crippen molar-refractivity contribution in [2.24, 2.45) is 0 Å². The number of esters is 1. The second-order valence-electron chi connectivity index (χ2n) is 8.27. The van der Waals surface area contributed by atoms with Crippen LogP contribution in [0.4, 0.5) is 0 Å². The number of carbonyl (C=O) groups excluding carboxylic acids is 1. The van der Waals surface area contributed by atoms with Crippen LogP contribution in [0.2, 0.25) is 0 Å². The van der Waals surface area contributed by atoms with Crippen LogP contribution in [0.3, 0.4) is 0 Å². The molecule has 0 saturated carbocycles. The van der Waals surface area contributed by atoms with E-state index in [0.29, 0.717) is 5.56 Å². The van der Waals surface area contributed by atoms with Crippen LogP contribution in [0.25, 0.3) is 6.08 Å². The number of aliphatic hydroxyl groups is 7. The van der Waals surface area contributed by atoms with E-state index in [2.05, 4.69) is 0 Å². The number of benzene rings is 1. The molecule has 1 aromatic carbocycles. The highest BCUT2D eigenvalue weighted by atomic mass is 16.8. The Morgan fingerprint density at radius 1 is 1.06 bits per heavy atom. The zero-order valence-corrected chi connectivity index (χ0v) is 19.2. The van der Waals surface area contributed by atoms with E-state index in [1.54, 1.807) is 0 Å². The van der Waals surface area contributed by atoms with Crippen molar-refractivity contribution in [1.29, 1.82) is 0 Å². The molecule has 0 aliphatic carbocycles. The van der Waals surface area contributed by atoms with E-state index in [4.69, 9.17) is 23.7 Å². The van der Waals surface area contributed by atoms with E-state index in [0.717, 1.165) is 6.08 Å². The van der Waals surface area contributed by atoms with E-state index in [9.17, 15) is 45.6 Å².